The molecule has 1 fully saturated rings. The molecule has 0 aliphatic carbocycles. The van der Waals surface area contributed by atoms with Crippen molar-refractivity contribution in [1.29, 1.82) is 0 Å². The van der Waals surface area contributed by atoms with Gasteiger partial charge in [0.2, 0.25) is 12.7 Å². The van der Waals surface area contributed by atoms with E-state index in [9.17, 15) is 27.6 Å². The number of ether oxygens (including phenoxy) is 2. The molecule has 0 radical (unpaired) electrons. The third kappa shape index (κ3) is 5.25. The van der Waals surface area contributed by atoms with Gasteiger partial charge in [0.15, 0.2) is 11.5 Å². The Bertz CT molecular complexity index is 1190. The molecule has 0 spiro atoms. The molecule has 2 aliphatic rings. The number of carbonyl (C=O) groups excluding carboxylic acids is 3. The fourth-order valence-electron chi connectivity index (χ4n) is 3.27. The molecule has 0 aromatic heterocycles. The number of hydrogen-bond donors (Lipinski definition) is 1. The first-order valence-corrected chi connectivity index (χ1v) is 10.8. The van der Waals surface area contributed by atoms with E-state index in [1.807, 2.05) is 0 Å². The van der Waals surface area contributed by atoms with Crippen molar-refractivity contribution in [1.82, 2.24) is 10.2 Å². The lowest BCUT2D eigenvalue weighted by Crippen LogP contribution is -2.37. The fourth-order valence-corrected chi connectivity index (χ4v) is 4.13. The first-order valence-electron chi connectivity index (χ1n) is 9.99. The maximum Gasteiger partial charge on any atom is 0.417 e. The van der Waals surface area contributed by atoms with Crippen LogP contribution < -0.4 is 14.8 Å². The van der Waals surface area contributed by atoms with E-state index in [1.54, 1.807) is 24.3 Å². The van der Waals surface area contributed by atoms with E-state index >= 15 is 0 Å². The zero-order chi connectivity index (χ0) is 24.3. The predicted octanol–water partition coefficient (Wildman–Crippen LogP) is 4.21. The minimum absolute atomic E-state index is 0.103. The Morgan fingerprint density at radius 1 is 1.09 bits per heavy atom. The van der Waals surface area contributed by atoms with Crippen molar-refractivity contribution in [2.45, 2.75) is 6.18 Å². The number of amides is 3. The number of allylic oxidation sites excluding steroid dienone is 1. The topological polar surface area (TPSA) is 84.9 Å². The summed E-state index contributed by atoms with van der Waals surface area (Å²) in [5.74, 6) is -0.440. The summed E-state index contributed by atoms with van der Waals surface area (Å²) in [6, 6.07) is 12.0. The first kappa shape index (κ1) is 23.4. The van der Waals surface area contributed by atoms with Crippen LogP contribution in [-0.2, 0) is 9.59 Å². The Morgan fingerprint density at radius 3 is 2.56 bits per heavy atom. The largest absolute Gasteiger partial charge is 0.454 e. The number of imide groups is 1. The third-order valence-electron chi connectivity index (χ3n) is 4.87. The number of nitrogens with one attached hydrogen (secondary N) is 1. The Kier molecular flexibility index (Phi) is 6.64. The van der Waals surface area contributed by atoms with Crippen molar-refractivity contribution in [3.05, 3.63) is 70.6 Å². The second kappa shape index (κ2) is 9.64. The minimum atomic E-state index is -4.73. The minimum Gasteiger partial charge on any atom is -0.454 e. The zero-order valence-corrected chi connectivity index (χ0v) is 18.2. The summed E-state index contributed by atoms with van der Waals surface area (Å²) in [4.78, 5) is 38.1. The summed E-state index contributed by atoms with van der Waals surface area (Å²) in [6.45, 7) is -0.286. The molecule has 2 aromatic rings. The van der Waals surface area contributed by atoms with Gasteiger partial charge < -0.3 is 14.8 Å². The third-order valence-corrected chi connectivity index (χ3v) is 5.78. The Balaban J connectivity index is 1.38. The van der Waals surface area contributed by atoms with E-state index in [0.29, 0.717) is 23.1 Å². The van der Waals surface area contributed by atoms with Gasteiger partial charge in [0.1, 0.15) is 0 Å². The summed E-state index contributed by atoms with van der Waals surface area (Å²) >= 11 is 0.733. The van der Waals surface area contributed by atoms with E-state index in [4.69, 9.17) is 9.47 Å². The van der Waals surface area contributed by atoms with Gasteiger partial charge in [-0.3, -0.25) is 19.3 Å². The van der Waals surface area contributed by atoms with Crippen molar-refractivity contribution in [2.24, 2.45) is 0 Å². The Hall–Kier alpha value is -3.73. The number of fused-ring (bicyclic) bond motifs is 1. The molecule has 1 saturated heterocycles. The normalized spacial score (nSPS) is 17.0. The van der Waals surface area contributed by atoms with Crippen molar-refractivity contribution in [3.63, 3.8) is 0 Å². The van der Waals surface area contributed by atoms with Gasteiger partial charge in [0.05, 0.1) is 10.5 Å². The monoisotopic (exact) mass is 490 g/mol. The van der Waals surface area contributed by atoms with Crippen molar-refractivity contribution in [2.75, 3.05) is 19.9 Å². The fraction of sp³-hybridized carbons (Fsp3) is 0.174. The molecule has 0 unspecified atom stereocenters. The van der Waals surface area contributed by atoms with Crippen molar-refractivity contribution < 1.29 is 37.0 Å². The number of hydrogen-bond acceptors (Lipinski definition) is 6. The van der Waals surface area contributed by atoms with Gasteiger partial charge in [-0.05, 0) is 41.1 Å². The van der Waals surface area contributed by atoms with E-state index in [1.165, 1.54) is 30.3 Å². The standard InChI is InChI=1S/C23H17F3N2O5S/c24-23(25,26)16(15-4-2-1-3-5-15)12-20(29)27-8-9-28-21(30)19(34-22(28)31)11-14-6-7-17-18(10-14)33-13-32-17/h1-7,10-12H,8-9,13H2,(H,27,29)/b16-12+,19-11+. The molecule has 0 saturated carbocycles. The van der Waals surface area contributed by atoms with Gasteiger partial charge in [-0.2, -0.15) is 13.2 Å². The summed E-state index contributed by atoms with van der Waals surface area (Å²) < 4.78 is 50.6. The second-order valence-electron chi connectivity index (χ2n) is 7.16. The number of thioether (sulfide) groups is 1. The van der Waals surface area contributed by atoms with Gasteiger partial charge in [0.25, 0.3) is 11.1 Å². The number of rotatable bonds is 6. The van der Waals surface area contributed by atoms with Crippen LogP contribution in [-0.4, -0.2) is 48.0 Å². The van der Waals surface area contributed by atoms with Crippen LogP contribution in [0.5, 0.6) is 11.5 Å². The highest BCUT2D eigenvalue weighted by molar-refractivity contribution is 8.18. The maximum atomic E-state index is 13.4. The van der Waals surface area contributed by atoms with Crippen LogP contribution >= 0.6 is 11.8 Å². The number of alkyl halides is 3. The summed E-state index contributed by atoms with van der Waals surface area (Å²) in [5.41, 5.74) is -0.609. The van der Waals surface area contributed by atoms with Gasteiger partial charge >= 0.3 is 6.18 Å². The Morgan fingerprint density at radius 2 is 1.82 bits per heavy atom. The molecule has 1 N–H and O–H groups in total. The highest BCUT2D eigenvalue weighted by Gasteiger charge is 2.36. The maximum absolute atomic E-state index is 13.4. The number of carbonyl (C=O) groups is 3. The van der Waals surface area contributed by atoms with Crippen LogP contribution in [0.1, 0.15) is 11.1 Å². The molecule has 2 heterocycles. The van der Waals surface area contributed by atoms with Crippen molar-refractivity contribution >= 4 is 40.5 Å². The van der Waals surface area contributed by atoms with Gasteiger partial charge in [0, 0.05) is 19.2 Å². The molecule has 3 amide bonds. The van der Waals surface area contributed by atoms with Crippen LogP contribution in [0, 0.1) is 0 Å². The molecule has 0 atom stereocenters. The summed E-state index contributed by atoms with van der Waals surface area (Å²) in [6.07, 6.45) is -2.74. The number of benzene rings is 2. The van der Waals surface area contributed by atoms with Gasteiger partial charge in [-0.25, -0.2) is 0 Å². The summed E-state index contributed by atoms with van der Waals surface area (Å²) in [5, 5.41) is 1.76. The van der Waals surface area contributed by atoms with E-state index in [0.717, 1.165) is 16.7 Å². The molecule has 34 heavy (non-hydrogen) atoms. The van der Waals surface area contributed by atoms with Crippen LogP contribution in [0.15, 0.2) is 59.5 Å². The quantitative estimate of drug-likeness (QED) is 0.611. The molecule has 11 heteroatoms. The highest BCUT2D eigenvalue weighted by atomic mass is 32.2. The average Bonchev–Trinajstić information content (AvgIpc) is 3.36. The average molecular weight is 490 g/mol. The van der Waals surface area contributed by atoms with Crippen molar-refractivity contribution in [3.8, 4) is 11.5 Å². The number of nitrogens with zero attached hydrogens (tertiary/aromatic N) is 1. The van der Waals surface area contributed by atoms with Crippen LogP contribution in [0.2, 0.25) is 0 Å². The van der Waals surface area contributed by atoms with Gasteiger partial charge in [-0.1, -0.05) is 36.4 Å². The highest BCUT2D eigenvalue weighted by Crippen LogP contribution is 2.36. The zero-order valence-electron chi connectivity index (χ0n) is 17.4. The molecule has 176 valence electrons. The SMILES string of the molecule is O=C(/C=C(\c1ccccc1)C(F)(F)F)NCCN1C(=O)S/C(=C/c2ccc3c(c2)OCO3)C1=O. The van der Waals surface area contributed by atoms with E-state index in [-0.39, 0.29) is 30.4 Å². The van der Waals surface area contributed by atoms with Crippen LogP contribution in [0.4, 0.5) is 18.0 Å². The first-order chi connectivity index (χ1) is 16.2. The molecule has 7 nitrogen and oxygen atoms in total. The lowest BCUT2D eigenvalue weighted by Gasteiger charge is -2.14. The smallest absolute Gasteiger partial charge is 0.417 e. The molecule has 2 aromatic carbocycles. The molecule has 0 bridgehead atoms. The second-order valence-corrected chi connectivity index (χ2v) is 8.15. The van der Waals surface area contributed by atoms with Gasteiger partial charge in [-0.15, -0.1) is 0 Å². The molecular formula is C23H17F3N2O5S. The molecular weight excluding hydrogens is 473 g/mol. The molecule has 2 aliphatic heterocycles. The lowest BCUT2D eigenvalue weighted by molar-refractivity contribution is -0.123. The van der Waals surface area contributed by atoms with E-state index in [2.05, 4.69) is 5.32 Å². The molecule has 4 rings (SSSR count). The number of halogens is 3. The van der Waals surface area contributed by atoms with Crippen LogP contribution in [0.3, 0.4) is 0 Å². The Labute approximate surface area is 196 Å². The van der Waals surface area contributed by atoms with Crippen LogP contribution in [0.25, 0.3) is 11.6 Å². The lowest BCUT2D eigenvalue weighted by atomic mass is 10.1. The summed E-state index contributed by atoms with van der Waals surface area (Å²) in [7, 11) is 0. The van der Waals surface area contributed by atoms with E-state index < -0.39 is 28.8 Å². The predicted molar refractivity (Wildman–Crippen MR) is 119 cm³/mol.